The fourth-order valence-electron chi connectivity index (χ4n) is 2.48. The minimum Gasteiger partial charge on any atom is -0.480 e. The summed E-state index contributed by atoms with van der Waals surface area (Å²) < 4.78 is 0. The minimum atomic E-state index is -0.997. The van der Waals surface area contributed by atoms with E-state index in [-0.39, 0.29) is 24.7 Å². The van der Waals surface area contributed by atoms with Crippen LogP contribution in [0.3, 0.4) is 0 Å². The third kappa shape index (κ3) is 4.88. The van der Waals surface area contributed by atoms with Crippen molar-refractivity contribution in [1.82, 2.24) is 5.32 Å². The van der Waals surface area contributed by atoms with E-state index in [1.807, 2.05) is 0 Å². The molecule has 5 N–H and O–H groups in total. The normalized spacial score (nSPS) is 19.1. The molecule has 0 saturated heterocycles. The Morgan fingerprint density at radius 2 is 2.09 bits per heavy atom. The maximum Gasteiger partial charge on any atom is 0.326 e. The summed E-state index contributed by atoms with van der Waals surface area (Å²) >= 11 is 12.2. The van der Waals surface area contributed by atoms with Gasteiger partial charge in [-0.1, -0.05) is 23.2 Å². The Balaban J connectivity index is 0.00000264. The number of carboxylic acids is 1. The van der Waals surface area contributed by atoms with Gasteiger partial charge in [0.15, 0.2) is 0 Å². The van der Waals surface area contributed by atoms with E-state index >= 15 is 0 Å². The van der Waals surface area contributed by atoms with Crippen molar-refractivity contribution >= 4 is 53.2 Å². The lowest BCUT2D eigenvalue weighted by Crippen LogP contribution is -2.41. The van der Waals surface area contributed by atoms with Gasteiger partial charge in [-0.15, -0.1) is 12.4 Å². The smallest absolute Gasteiger partial charge is 0.326 e. The van der Waals surface area contributed by atoms with Crippen LogP contribution in [0.4, 0.5) is 5.69 Å². The molecule has 0 saturated carbocycles. The van der Waals surface area contributed by atoms with E-state index in [1.165, 1.54) is 0 Å². The van der Waals surface area contributed by atoms with Crippen molar-refractivity contribution in [2.24, 2.45) is 5.73 Å². The number of nitrogens with one attached hydrogen (secondary N) is 2. The number of rotatable bonds is 5. The molecule has 1 amide bonds. The third-order valence-electron chi connectivity index (χ3n) is 3.49. The quantitative estimate of drug-likeness (QED) is 0.626. The zero-order chi connectivity index (χ0) is 16.3. The van der Waals surface area contributed by atoms with Gasteiger partial charge in [0.2, 0.25) is 5.91 Å². The van der Waals surface area contributed by atoms with Gasteiger partial charge in [0.25, 0.3) is 0 Å². The lowest BCUT2D eigenvalue weighted by Gasteiger charge is -2.32. The van der Waals surface area contributed by atoms with Crippen molar-refractivity contribution in [3.63, 3.8) is 0 Å². The molecule has 1 heterocycles. The fraction of sp³-hybridized carbons (Fsp3) is 0.429. The van der Waals surface area contributed by atoms with Crippen LogP contribution in [0.5, 0.6) is 0 Å². The number of anilines is 1. The molecule has 0 radical (unpaired) electrons. The first-order chi connectivity index (χ1) is 10.4. The van der Waals surface area contributed by atoms with E-state index in [2.05, 4.69) is 10.6 Å². The van der Waals surface area contributed by atoms with Crippen LogP contribution < -0.4 is 16.4 Å². The van der Waals surface area contributed by atoms with Gasteiger partial charge in [0.1, 0.15) is 6.04 Å². The Hall–Kier alpha value is -1.21. The van der Waals surface area contributed by atoms with Crippen molar-refractivity contribution in [1.29, 1.82) is 0 Å². The number of benzene rings is 1. The molecular weight excluding hydrogens is 365 g/mol. The number of carboxylic acid groups (broad SMARTS) is 1. The maximum absolute atomic E-state index is 11.9. The van der Waals surface area contributed by atoms with E-state index < -0.39 is 18.1 Å². The molecule has 2 rings (SSSR count). The first-order valence-electron chi connectivity index (χ1n) is 6.90. The van der Waals surface area contributed by atoms with Crippen molar-refractivity contribution in [2.75, 3.05) is 11.9 Å². The summed E-state index contributed by atoms with van der Waals surface area (Å²) in [6.45, 7) is 0.421. The molecule has 0 unspecified atom stereocenters. The summed E-state index contributed by atoms with van der Waals surface area (Å²) in [6, 6.07) is 1.88. The molecule has 9 heteroatoms. The van der Waals surface area contributed by atoms with Gasteiger partial charge in [-0.05, 0) is 25.1 Å². The van der Waals surface area contributed by atoms with E-state index in [9.17, 15) is 14.7 Å². The van der Waals surface area contributed by atoms with Crippen molar-refractivity contribution < 1.29 is 14.7 Å². The number of fused-ring (bicyclic) bond motifs is 1. The van der Waals surface area contributed by atoms with E-state index in [0.29, 0.717) is 40.7 Å². The average Bonchev–Trinajstić information content (AvgIpc) is 2.43. The second-order valence-electron chi connectivity index (χ2n) is 5.13. The largest absolute Gasteiger partial charge is 0.480 e. The van der Waals surface area contributed by atoms with Crippen molar-refractivity contribution in [3.05, 3.63) is 27.7 Å². The van der Waals surface area contributed by atoms with Crippen LogP contribution in [0, 0.1) is 0 Å². The lowest BCUT2D eigenvalue weighted by atomic mass is 9.92. The summed E-state index contributed by atoms with van der Waals surface area (Å²) in [7, 11) is 0. The molecule has 1 aromatic carbocycles. The predicted octanol–water partition coefficient (Wildman–Crippen LogP) is 2.58. The monoisotopic (exact) mass is 381 g/mol. The SMILES string of the molecule is Cl.NCCCC(=O)N[C@H]1C[C@H](C(=O)O)Nc2cc(Cl)cc(Cl)c21. The highest BCUT2D eigenvalue weighted by Crippen LogP contribution is 2.39. The van der Waals surface area contributed by atoms with Gasteiger partial charge in [0.05, 0.1) is 6.04 Å². The maximum atomic E-state index is 11.9. The van der Waals surface area contributed by atoms with Gasteiger partial charge < -0.3 is 21.5 Å². The molecule has 1 aliphatic rings. The van der Waals surface area contributed by atoms with Gasteiger partial charge in [-0.2, -0.15) is 0 Å². The van der Waals surface area contributed by atoms with Crippen LogP contribution in [0.2, 0.25) is 10.0 Å². The molecule has 1 aromatic rings. The van der Waals surface area contributed by atoms with Crippen LogP contribution in [0.1, 0.15) is 30.9 Å². The second kappa shape index (κ2) is 8.59. The van der Waals surface area contributed by atoms with Crippen molar-refractivity contribution in [2.45, 2.75) is 31.3 Å². The van der Waals surface area contributed by atoms with Gasteiger partial charge in [-0.3, -0.25) is 4.79 Å². The van der Waals surface area contributed by atoms with Crippen LogP contribution in [0.15, 0.2) is 12.1 Å². The number of carbonyl (C=O) groups is 2. The highest BCUT2D eigenvalue weighted by atomic mass is 35.5. The molecule has 6 nitrogen and oxygen atoms in total. The number of hydrogen-bond acceptors (Lipinski definition) is 4. The molecule has 2 atom stereocenters. The van der Waals surface area contributed by atoms with Crippen LogP contribution >= 0.6 is 35.6 Å². The first kappa shape index (κ1) is 19.8. The number of halogens is 3. The number of amides is 1. The van der Waals surface area contributed by atoms with Gasteiger partial charge >= 0.3 is 5.97 Å². The highest BCUT2D eigenvalue weighted by Gasteiger charge is 2.33. The summed E-state index contributed by atoms with van der Waals surface area (Å²) in [6.07, 6.45) is 1.07. The molecule has 128 valence electrons. The molecule has 23 heavy (non-hydrogen) atoms. The summed E-state index contributed by atoms with van der Waals surface area (Å²) in [4.78, 5) is 23.2. The second-order valence-corrected chi connectivity index (χ2v) is 5.98. The molecular formula is C14H18Cl3N3O3. The standard InChI is InChI=1S/C14H17Cl2N3O3.ClH/c15-7-4-8(16)13-9(5-7)18-11(14(21)22)6-10(13)19-12(20)2-1-3-17;/h4-5,10-11,18H,1-3,6,17H2,(H,19,20)(H,21,22);1H/t10-,11+;/m0./s1. The number of nitrogens with two attached hydrogens (primary N) is 1. The Morgan fingerprint density at radius 3 is 2.70 bits per heavy atom. The minimum absolute atomic E-state index is 0. The Kier molecular flexibility index (Phi) is 7.41. The molecule has 0 aromatic heterocycles. The van der Waals surface area contributed by atoms with Gasteiger partial charge in [-0.25, -0.2) is 4.79 Å². The lowest BCUT2D eigenvalue weighted by molar-refractivity contribution is -0.138. The zero-order valence-electron chi connectivity index (χ0n) is 12.1. The first-order valence-corrected chi connectivity index (χ1v) is 7.65. The Bertz CT molecular complexity index is 598. The fourth-order valence-corrected chi connectivity index (χ4v) is 3.11. The molecule has 0 bridgehead atoms. The Morgan fingerprint density at radius 1 is 1.39 bits per heavy atom. The van der Waals surface area contributed by atoms with Gasteiger partial charge in [0, 0.05) is 34.1 Å². The zero-order valence-corrected chi connectivity index (χ0v) is 14.5. The summed E-state index contributed by atoms with van der Waals surface area (Å²) in [5.41, 5.74) is 6.57. The molecule has 0 spiro atoms. The molecule has 1 aliphatic heterocycles. The number of hydrogen-bond donors (Lipinski definition) is 4. The van der Waals surface area contributed by atoms with E-state index in [0.717, 1.165) is 0 Å². The van der Waals surface area contributed by atoms with Crippen LogP contribution in [0.25, 0.3) is 0 Å². The van der Waals surface area contributed by atoms with Crippen LogP contribution in [-0.2, 0) is 9.59 Å². The van der Waals surface area contributed by atoms with E-state index in [4.69, 9.17) is 28.9 Å². The number of aliphatic carboxylic acids is 1. The highest BCUT2D eigenvalue weighted by molar-refractivity contribution is 6.35. The average molecular weight is 383 g/mol. The number of carbonyl (C=O) groups excluding carboxylic acids is 1. The molecule has 0 fully saturated rings. The predicted molar refractivity (Wildman–Crippen MR) is 92.5 cm³/mol. The third-order valence-corrected chi connectivity index (χ3v) is 4.02. The topological polar surface area (TPSA) is 104 Å². The van der Waals surface area contributed by atoms with Crippen molar-refractivity contribution in [3.8, 4) is 0 Å². The Labute approximate surface area is 150 Å². The summed E-state index contributed by atoms with van der Waals surface area (Å²) in [5.74, 6) is -1.18. The summed E-state index contributed by atoms with van der Waals surface area (Å²) in [5, 5.41) is 15.7. The van der Waals surface area contributed by atoms with Crippen LogP contribution in [-0.4, -0.2) is 29.6 Å². The van der Waals surface area contributed by atoms with E-state index in [1.54, 1.807) is 12.1 Å². The molecule has 0 aliphatic carbocycles.